The highest BCUT2D eigenvalue weighted by Crippen LogP contribution is 2.23. The molecule has 0 atom stereocenters. The Balaban J connectivity index is 1.50. The lowest BCUT2D eigenvalue weighted by molar-refractivity contribution is -0.140. The highest BCUT2D eigenvalue weighted by molar-refractivity contribution is 5.80. The van der Waals surface area contributed by atoms with E-state index in [0.29, 0.717) is 5.91 Å². The molecule has 0 bridgehead atoms. The predicted molar refractivity (Wildman–Crippen MR) is 75.8 cm³/mol. The third kappa shape index (κ3) is 2.66. The van der Waals surface area contributed by atoms with Crippen molar-refractivity contribution < 1.29 is 4.79 Å². The number of nitrogens with zero attached hydrogens (tertiary/aromatic N) is 2. The summed E-state index contributed by atoms with van der Waals surface area (Å²) in [5, 5.41) is 0. The first-order chi connectivity index (χ1) is 9.24. The van der Waals surface area contributed by atoms with Crippen molar-refractivity contribution in [2.24, 2.45) is 5.92 Å². The third-order valence-electron chi connectivity index (χ3n) is 4.38. The molecule has 0 radical (unpaired) electrons. The zero-order valence-electron chi connectivity index (χ0n) is 11.6. The van der Waals surface area contributed by atoms with Crippen LogP contribution in [0.1, 0.15) is 24.0 Å². The number of benzene rings is 1. The lowest BCUT2D eigenvalue weighted by Gasteiger charge is -2.40. The van der Waals surface area contributed by atoms with Gasteiger partial charge in [-0.3, -0.25) is 9.69 Å². The van der Waals surface area contributed by atoms with Crippen LogP contribution in [0.4, 0.5) is 0 Å². The molecule has 0 spiro atoms. The Morgan fingerprint density at radius 2 is 1.89 bits per heavy atom. The molecule has 3 nitrogen and oxygen atoms in total. The molecule has 2 aliphatic heterocycles. The Kier molecular flexibility index (Phi) is 3.56. The molecular weight excluding hydrogens is 236 g/mol. The zero-order chi connectivity index (χ0) is 13.2. The summed E-state index contributed by atoms with van der Waals surface area (Å²) in [7, 11) is 0. The van der Waals surface area contributed by atoms with E-state index in [1.807, 2.05) is 0 Å². The van der Waals surface area contributed by atoms with Crippen molar-refractivity contribution >= 4 is 5.91 Å². The fraction of sp³-hybridized carbons (Fsp3) is 0.562. The maximum Gasteiger partial charge on any atom is 0.228 e. The van der Waals surface area contributed by atoms with E-state index in [-0.39, 0.29) is 5.92 Å². The molecule has 3 heteroatoms. The summed E-state index contributed by atoms with van der Waals surface area (Å²) in [6.45, 7) is 6.96. The quantitative estimate of drug-likeness (QED) is 0.828. The molecule has 2 heterocycles. The minimum atomic E-state index is 0.252. The molecule has 1 aromatic rings. The number of carbonyl (C=O) groups is 1. The van der Waals surface area contributed by atoms with Gasteiger partial charge in [-0.05, 0) is 30.9 Å². The number of aryl methyl sites for hydroxylation is 1. The normalized spacial score (nSPS) is 20.6. The van der Waals surface area contributed by atoms with Crippen LogP contribution in [0.3, 0.4) is 0 Å². The Hall–Kier alpha value is -1.35. The average Bonchev–Trinajstić information content (AvgIpc) is 2.88. The number of hydrogen-bond acceptors (Lipinski definition) is 2. The molecular formula is C16H22N2O. The van der Waals surface area contributed by atoms with E-state index < -0.39 is 0 Å². The van der Waals surface area contributed by atoms with Crippen molar-refractivity contribution in [2.75, 3.05) is 26.2 Å². The second-order valence-electron chi connectivity index (χ2n) is 5.85. The Morgan fingerprint density at radius 1 is 1.21 bits per heavy atom. The van der Waals surface area contributed by atoms with Gasteiger partial charge in [0.25, 0.3) is 0 Å². The molecule has 0 aliphatic carbocycles. The van der Waals surface area contributed by atoms with Gasteiger partial charge in [0.05, 0.1) is 5.92 Å². The van der Waals surface area contributed by atoms with Gasteiger partial charge in [-0.2, -0.15) is 0 Å². The second kappa shape index (κ2) is 5.33. The van der Waals surface area contributed by atoms with Crippen LogP contribution in [0, 0.1) is 12.8 Å². The van der Waals surface area contributed by atoms with Crippen molar-refractivity contribution in [3.8, 4) is 0 Å². The van der Waals surface area contributed by atoms with E-state index in [2.05, 4.69) is 41.0 Å². The minimum absolute atomic E-state index is 0.252. The van der Waals surface area contributed by atoms with Crippen LogP contribution < -0.4 is 0 Å². The van der Waals surface area contributed by atoms with E-state index >= 15 is 0 Å². The number of amides is 1. The smallest absolute Gasteiger partial charge is 0.228 e. The first-order valence-corrected chi connectivity index (χ1v) is 7.29. The summed E-state index contributed by atoms with van der Waals surface area (Å²) >= 11 is 0. The van der Waals surface area contributed by atoms with E-state index in [9.17, 15) is 4.79 Å². The lowest BCUT2D eigenvalue weighted by atomic mass is 9.97. The number of rotatable bonds is 3. The van der Waals surface area contributed by atoms with E-state index in [4.69, 9.17) is 0 Å². The van der Waals surface area contributed by atoms with Gasteiger partial charge in [0.2, 0.25) is 5.91 Å². The predicted octanol–water partition coefficient (Wildman–Crippen LogP) is 2.05. The molecule has 2 aliphatic rings. The summed E-state index contributed by atoms with van der Waals surface area (Å²) < 4.78 is 0. The van der Waals surface area contributed by atoms with Gasteiger partial charge in [0.1, 0.15) is 0 Å². The zero-order valence-corrected chi connectivity index (χ0v) is 11.6. The summed E-state index contributed by atoms with van der Waals surface area (Å²) in [6, 6.07) is 8.51. The molecule has 0 saturated carbocycles. The number of hydrogen-bond donors (Lipinski definition) is 0. The molecule has 0 N–H and O–H groups in total. The van der Waals surface area contributed by atoms with E-state index in [0.717, 1.165) is 32.7 Å². The van der Waals surface area contributed by atoms with Crippen LogP contribution in [-0.4, -0.2) is 41.9 Å². The first-order valence-electron chi connectivity index (χ1n) is 7.29. The van der Waals surface area contributed by atoms with E-state index in [1.54, 1.807) is 0 Å². The fourth-order valence-electron chi connectivity index (χ4n) is 3.08. The molecule has 1 aromatic carbocycles. The van der Waals surface area contributed by atoms with Crippen LogP contribution in [0.2, 0.25) is 0 Å². The van der Waals surface area contributed by atoms with Crippen molar-refractivity contribution in [1.82, 2.24) is 9.80 Å². The molecule has 19 heavy (non-hydrogen) atoms. The van der Waals surface area contributed by atoms with Gasteiger partial charge in [-0.25, -0.2) is 0 Å². The Bertz CT molecular complexity index is 460. The third-order valence-corrected chi connectivity index (χ3v) is 4.38. The van der Waals surface area contributed by atoms with Crippen LogP contribution in [0.5, 0.6) is 0 Å². The lowest BCUT2D eigenvalue weighted by Crippen LogP contribution is -2.53. The SMILES string of the molecule is Cc1ccccc1CN1CC(C(=O)N2CCCC2)C1. The maximum atomic E-state index is 12.2. The van der Waals surface area contributed by atoms with Crippen LogP contribution >= 0.6 is 0 Å². The van der Waals surface area contributed by atoms with Crippen LogP contribution in [0.25, 0.3) is 0 Å². The molecule has 2 saturated heterocycles. The van der Waals surface area contributed by atoms with Gasteiger partial charge in [0.15, 0.2) is 0 Å². The molecule has 102 valence electrons. The van der Waals surface area contributed by atoms with Crippen molar-refractivity contribution in [3.63, 3.8) is 0 Å². The van der Waals surface area contributed by atoms with Crippen molar-refractivity contribution in [1.29, 1.82) is 0 Å². The summed E-state index contributed by atoms with van der Waals surface area (Å²) in [5.74, 6) is 0.639. The van der Waals surface area contributed by atoms with Gasteiger partial charge in [-0.15, -0.1) is 0 Å². The molecule has 1 amide bonds. The van der Waals surface area contributed by atoms with Crippen molar-refractivity contribution in [2.45, 2.75) is 26.3 Å². The van der Waals surface area contributed by atoms with Crippen LogP contribution in [0.15, 0.2) is 24.3 Å². The maximum absolute atomic E-state index is 12.2. The molecule has 0 aromatic heterocycles. The molecule has 0 unspecified atom stereocenters. The van der Waals surface area contributed by atoms with Gasteiger partial charge >= 0.3 is 0 Å². The van der Waals surface area contributed by atoms with Crippen LogP contribution in [-0.2, 0) is 11.3 Å². The Morgan fingerprint density at radius 3 is 2.58 bits per heavy atom. The van der Waals surface area contributed by atoms with Gasteiger partial charge in [0, 0.05) is 32.7 Å². The number of likely N-dealkylation sites (tertiary alicyclic amines) is 2. The summed E-state index contributed by atoms with van der Waals surface area (Å²) in [4.78, 5) is 16.6. The molecule has 2 fully saturated rings. The van der Waals surface area contributed by atoms with Gasteiger partial charge < -0.3 is 4.90 Å². The van der Waals surface area contributed by atoms with Crippen molar-refractivity contribution in [3.05, 3.63) is 35.4 Å². The highest BCUT2D eigenvalue weighted by Gasteiger charge is 2.35. The largest absolute Gasteiger partial charge is 0.342 e. The van der Waals surface area contributed by atoms with E-state index in [1.165, 1.54) is 24.0 Å². The topological polar surface area (TPSA) is 23.6 Å². The standard InChI is InChI=1S/C16H22N2O/c1-13-6-2-3-7-14(13)10-17-11-15(12-17)16(19)18-8-4-5-9-18/h2-3,6-7,15H,4-5,8-12H2,1H3. The average molecular weight is 258 g/mol. The summed E-state index contributed by atoms with van der Waals surface area (Å²) in [5.41, 5.74) is 2.73. The summed E-state index contributed by atoms with van der Waals surface area (Å²) in [6.07, 6.45) is 2.37. The second-order valence-corrected chi connectivity index (χ2v) is 5.85. The number of carbonyl (C=O) groups excluding carboxylic acids is 1. The monoisotopic (exact) mass is 258 g/mol. The fourth-order valence-corrected chi connectivity index (χ4v) is 3.08. The molecule has 3 rings (SSSR count). The first kappa shape index (κ1) is 12.7. The highest BCUT2D eigenvalue weighted by atomic mass is 16.2. The van der Waals surface area contributed by atoms with Gasteiger partial charge in [-0.1, -0.05) is 24.3 Å². The Labute approximate surface area is 115 Å². The minimum Gasteiger partial charge on any atom is -0.342 e.